The highest BCUT2D eigenvalue weighted by molar-refractivity contribution is 7.90. The third kappa shape index (κ3) is 7.72. The number of carboxylic acid groups (broad SMARTS) is 1. The number of nitrogens with one attached hydrogen (secondary N) is 1. The Balaban J connectivity index is 1.52. The maximum absolute atomic E-state index is 13.2. The number of sulfonamides is 1. The van der Waals surface area contributed by atoms with Gasteiger partial charge in [0.05, 0.1) is 17.0 Å². The molecule has 0 spiro atoms. The number of hydrogen-bond donors (Lipinski definition) is 2. The predicted octanol–water partition coefficient (Wildman–Crippen LogP) is 5.36. The van der Waals surface area contributed by atoms with Gasteiger partial charge in [-0.15, -0.1) is 0 Å². The molecule has 0 radical (unpaired) electrons. The first-order valence-electron chi connectivity index (χ1n) is 15.0. The van der Waals surface area contributed by atoms with Crippen LogP contribution in [0, 0.1) is 11.8 Å². The first kappa shape index (κ1) is 31.3. The molecule has 2 bridgehead atoms. The van der Waals surface area contributed by atoms with Gasteiger partial charge in [-0.05, 0) is 105 Å². The summed E-state index contributed by atoms with van der Waals surface area (Å²) in [6.45, 7) is 2.87. The van der Waals surface area contributed by atoms with E-state index < -0.39 is 33.8 Å². The number of rotatable bonds is 3. The van der Waals surface area contributed by atoms with Crippen molar-refractivity contribution in [3.8, 4) is 5.75 Å². The fourth-order valence-corrected chi connectivity index (χ4v) is 7.33. The van der Waals surface area contributed by atoms with Crippen LogP contribution in [0.5, 0.6) is 5.75 Å². The number of carbonyl (C=O) groups excluding carboxylic acids is 1. The highest BCUT2D eigenvalue weighted by Gasteiger charge is 2.38. The second-order valence-electron chi connectivity index (χ2n) is 11.8. The summed E-state index contributed by atoms with van der Waals surface area (Å²) >= 11 is 6.30. The Kier molecular flexibility index (Phi) is 9.99. The van der Waals surface area contributed by atoms with Gasteiger partial charge in [-0.25, -0.2) is 17.9 Å². The van der Waals surface area contributed by atoms with Crippen LogP contribution in [0.25, 0.3) is 0 Å². The zero-order chi connectivity index (χ0) is 30.6. The number of anilines is 1. The molecular formula is C32H39ClN2O7S. The van der Waals surface area contributed by atoms with Crippen molar-refractivity contribution in [1.82, 2.24) is 4.72 Å². The number of allylic oxidation sites excluding steroid dienone is 1. The summed E-state index contributed by atoms with van der Waals surface area (Å²) in [7, 11) is -3.93. The monoisotopic (exact) mass is 630 g/mol. The quantitative estimate of drug-likeness (QED) is 0.435. The fourth-order valence-electron chi connectivity index (χ4n) is 6.11. The topological polar surface area (TPSA) is 122 Å². The summed E-state index contributed by atoms with van der Waals surface area (Å²) in [4.78, 5) is 26.8. The lowest BCUT2D eigenvalue weighted by atomic mass is 9.70. The molecule has 43 heavy (non-hydrogen) atoms. The molecule has 232 valence electrons. The molecule has 0 unspecified atom stereocenters. The number of hydrogen-bond acceptors (Lipinski definition) is 7. The smallest absolute Gasteiger partial charge is 0.329 e. The molecule has 2 aromatic rings. The Labute approximate surface area is 258 Å². The molecule has 1 amide bonds. The minimum absolute atomic E-state index is 0.116. The molecule has 2 N–H and O–H groups in total. The molecule has 2 aromatic carbocycles. The van der Waals surface area contributed by atoms with Crippen LogP contribution in [0.2, 0.25) is 5.02 Å². The third-order valence-corrected chi connectivity index (χ3v) is 10.8. The lowest BCUT2D eigenvalue weighted by molar-refractivity contribution is -0.145. The molecule has 2 heterocycles. The summed E-state index contributed by atoms with van der Waals surface area (Å²) in [6, 6.07) is 10.9. The van der Waals surface area contributed by atoms with Crippen LogP contribution in [0.15, 0.2) is 48.6 Å². The lowest BCUT2D eigenvalue weighted by Gasteiger charge is -2.43. The summed E-state index contributed by atoms with van der Waals surface area (Å²) < 4.78 is 40.5. The maximum atomic E-state index is 13.2. The molecule has 3 aliphatic rings. The molecule has 11 heteroatoms. The molecule has 1 fully saturated rings. The minimum atomic E-state index is -3.93. The van der Waals surface area contributed by atoms with Crippen molar-refractivity contribution in [2.24, 2.45) is 11.8 Å². The van der Waals surface area contributed by atoms with Gasteiger partial charge < -0.3 is 19.5 Å². The number of carbonyl (C=O) groups is 2. The van der Waals surface area contributed by atoms with Crippen LogP contribution in [-0.2, 0) is 32.6 Å². The van der Waals surface area contributed by atoms with Crippen LogP contribution in [0.3, 0.4) is 0 Å². The van der Waals surface area contributed by atoms with E-state index in [0.717, 1.165) is 48.9 Å². The average Bonchev–Trinajstić information content (AvgIpc) is 2.98. The Morgan fingerprint density at radius 1 is 1.14 bits per heavy atom. The number of ether oxygens (including phenoxy) is 2. The number of amides is 1. The van der Waals surface area contributed by atoms with E-state index in [0.29, 0.717) is 43.3 Å². The van der Waals surface area contributed by atoms with Crippen LogP contribution < -0.4 is 14.4 Å². The Bertz CT molecular complexity index is 1480. The van der Waals surface area contributed by atoms with Gasteiger partial charge in [0.25, 0.3) is 5.91 Å². The normalized spacial score (nSPS) is 26.7. The molecule has 9 nitrogen and oxygen atoms in total. The number of aliphatic carboxylic acids is 1. The van der Waals surface area contributed by atoms with Crippen molar-refractivity contribution in [1.29, 1.82) is 0 Å². The SMILES string of the molecule is C[C@@H]1CC/C=C/[C@H](OCC(=O)O)[C@@H]2CC[C@H]2CN2CCCCc3cc(Cl)ccc3COc3ccc(cc32)C(=O)NS1(=O)=O. The molecule has 5 rings (SSSR count). The fraction of sp³-hybridized carbons (Fsp3) is 0.500. The third-order valence-electron chi connectivity index (χ3n) is 8.82. The van der Waals surface area contributed by atoms with Gasteiger partial charge in [0, 0.05) is 23.7 Å². The summed E-state index contributed by atoms with van der Waals surface area (Å²) in [5.74, 6) is -0.742. The Morgan fingerprint density at radius 2 is 1.98 bits per heavy atom. The van der Waals surface area contributed by atoms with Crippen LogP contribution in [-0.4, -0.2) is 56.5 Å². The van der Waals surface area contributed by atoms with E-state index in [1.54, 1.807) is 25.1 Å². The number of benzene rings is 2. The van der Waals surface area contributed by atoms with Gasteiger partial charge in [0.15, 0.2) is 0 Å². The highest BCUT2D eigenvalue weighted by atomic mass is 35.5. The first-order chi connectivity index (χ1) is 20.6. The summed E-state index contributed by atoms with van der Waals surface area (Å²) in [6.07, 6.45) is 8.65. The molecule has 0 saturated heterocycles. The van der Waals surface area contributed by atoms with Gasteiger partial charge in [-0.2, -0.15) is 0 Å². The molecule has 0 aromatic heterocycles. The second-order valence-corrected chi connectivity index (χ2v) is 14.3. The molecule has 1 aliphatic carbocycles. The summed E-state index contributed by atoms with van der Waals surface area (Å²) in [5, 5.41) is 9.17. The van der Waals surface area contributed by atoms with E-state index in [1.165, 1.54) is 0 Å². The largest absolute Gasteiger partial charge is 0.487 e. The van der Waals surface area contributed by atoms with Crippen molar-refractivity contribution < 1.29 is 32.6 Å². The Morgan fingerprint density at radius 3 is 2.74 bits per heavy atom. The van der Waals surface area contributed by atoms with Gasteiger partial charge in [-0.1, -0.05) is 29.8 Å². The van der Waals surface area contributed by atoms with Crippen molar-refractivity contribution in [3.63, 3.8) is 0 Å². The van der Waals surface area contributed by atoms with Crippen molar-refractivity contribution >= 4 is 39.2 Å². The molecule has 1 saturated carbocycles. The van der Waals surface area contributed by atoms with E-state index >= 15 is 0 Å². The number of nitrogens with zero attached hydrogens (tertiary/aromatic N) is 1. The lowest BCUT2D eigenvalue weighted by Crippen LogP contribution is -2.44. The molecule has 4 atom stereocenters. The number of fused-ring (bicyclic) bond motifs is 3. The standard InChI is InChI=1S/C32H39ClN2O7S/c1-21-6-2-3-8-29(42-20-31(36)37)27-13-10-24(27)18-35-15-5-4-7-22-16-26(33)12-9-25(22)19-41-30-14-11-23(17-28(30)35)32(38)34-43(21,39)40/h3,8-9,11-12,14,16-17,21,24,27,29H,2,4-7,10,13,15,18-20H2,1H3,(H,34,38)(H,36,37)/b8-3+/t21-,24+,27-,29+/m1/s1. The minimum Gasteiger partial charge on any atom is -0.487 e. The van der Waals surface area contributed by atoms with Gasteiger partial charge in [0.2, 0.25) is 10.0 Å². The zero-order valence-corrected chi connectivity index (χ0v) is 25.9. The van der Waals surface area contributed by atoms with Gasteiger partial charge >= 0.3 is 5.97 Å². The van der Waals surface area contributed by atoms with Crippen molar-refractivity contribution in [3.05, 3.63) is 70.3 Å². The maximum Gasteiger partial charge on any atom is 0.329 e. The van der Waals surface area contributed by atoms with Crippen LogP contribution in [0.1, 0.15) is 66.9 Å². The van der Waals surface area contributed by atoms with Crippen LogP contribution in [0.4, 0.5) is 5.69 Å². The molecule has 2 aliphatic heterocycles. The predicted molar refractivity (Wildman–Crippen MR) is 165 cm³/mol. The Hall–Kier alpha value is -3.08. The van der Waals surface area contributed by atoms with E-state index in [4.69, 9.17) is 21.1 Å². The van der Waals surface area contributed by atoms with Gasteiger partial charge in [0.1, 0.15) is 19.0 Å². The number of halogens is 1. The van der Waals surface area contributed by atoms with Crippen molar-refractivity contribution in [2.75, 3.05) is 24.6 Å². The van der Waals surface area contributed by atoms with E-state index in [-0.39, 0.29) is 23.5 Å². The van der Waals surface area contributed by atoms with E-state index in [2.05, 4.69) is 9.62 Å². The first-order valence-corrected chi connectivity index (χ1v) is 16.9. The zero-order valence-electron chi connectivity index (χ0n) is 24.3. The summed E-state index contributed by atoms with van der Waals surface area (Å²) in [5.41, 5.74) is 3.16. The average molecular weight is 631 g/mol. The van der Waals surface area contributed by atoms with E-state index in [9.17, 15) is 23.1 Å². The molecular weight excluding hydrogens is 592 g/mol. The van der Waals surface area contributed by atoms with Crippen LogP contribution >= 0.6 is 11.6 Å². The van der Waals surface area contributed by atoms with E-state index in [1.807, 2.05) is 30.4 Å². The number of aryl methyl sites for hydroxylation is 1. The van der Waals surface area contributed by atoms with Gasteiger partial charge in [-0.3, -0.25) is 4.79 Å². The van der Waals surface area contributed by atoms with Crippen molar-refractivity contribution in [2.45, 2.75) is 69.8 Å². The highest BCUT2D eigenvalue weighted by Crippen LogP contribution is 2.42. The number of carboxylic acids is 1. The second kappa shape index (κ2) is 13.7.